The van der Waals surface area contributed by atoms with Crippen LogP contribution in [0.2, 0.25) is 0 Å². The summed E-state index contributed by atoms with van der Waals surface area (Å²) in [5, 5.41) is 3.86. The molecule has 1 aromatic rings. The van der Waals surface area contributed by atoms with Crippen molar-refractivity contribution in [2.24, 2.45) is 0 Å². The molecule has 1 N–H and O–H groups in total. The lowest BCUT2D eigenvalue weighted by Crippen LogP contribution is -2.10. The minimum absolute atomic E-state index is 0.575. The van der Waals surface area contributed by atoms with Gasteiger partial charge in [0, 0.05) is 17.5 Å². The molecule has 1 heterocycles. The summed E-state index contributed by atoms with van der Waals surface area (Å²) in [6.07, 6.45) is -3.09. The van der Waals surface area contributed by atoms with Gasteiger partial charge in [0.15, 0.2) is 0 Å². The topological polar surface area (TPSA) is 12.0 Å². The highest BCUT2D eigenvalue weighted by Gasteiger charge is 2.29. The number of alkyl halides is 3. The molecular formula is C12H14F3NS. The Balaban J connectivity index is 1.89. The molecular weight excluding hydrogens is 247 g/mol. The maximum atomic E-state index is 12.3. The maximum absolute atomic E-state index is 12.3. The van der Waals surface area contributed by atoms with Crippen molar-refractivity contribution in [3.05, 3.63) is 35.4 Å². The molecule has 1 aromatic carbocycles. The molecule has 0 radical (unpaired) electrons. The Bertz CT molecular complexity index is 355. The summed E-state index contributed by atoms with van der Waals surface area (Å²) in [6, 6.07) is 5.45. The number of hydrogen-bond acceptors (Lipinski definition) is 2. The first-order valence-electron chi connectivity index (χ1n) is 5.54. The summed E-state index contributed by atoms with van der Waals surface area (Å²) in [4.78, 5) is 0. The van der Waals surface area contributed by atoms with E-state index in [1.54, 1.807) is 23.9 Å². The van der Waals surface area contributed by atoms with Crippen molar-refractivity contribution in [3.8, 4) is 0 Å². The fraction of sp³-hybridized carbons (Fsp3) is 0.500. The van der Waals surface area contributed by atoms with Gasteiger partial charge in [0.05, 0.1) is 5.56 Å². The quantitative estimate of drug-likeness (QED) is 0.896. The largest absolute Gasteiger partial charge is 0.416 e. The van der Waals surface area contributed by atoms with Crippen molar-refractivity contribution in [1.82, 2.24) is 5.32 Å². The molecule has 0 amide bonds. The summed E-state index contributed by atoms with van der Waals surface area (Å²) in [5.41, 5.74) is 0.378. The Morgan fingerprint density at radius 3 is 2.47 bits per heavy atom. The van der Waals surface area contributed by atoms with E-state index >= 15 is 0 Å². The number of benzene rings is 1. The van der Waals surface area contributed by atoms with E-state index < -0.39 is 11.7 Å². The third-order valence-corrected chi connectivity index (χ3v) is 4.16. The van der Waals surface area contributed by atoms with E-state index in [-0.39, 0.29) is 0 Å². The van der Waals surface area contributed by atoms with E-state index in [4.69, 9.17) is 0 Å². The van der Waals surface area contributed by atoms with Gasteiger partial charge in [0.2, 0.25) is 0 Å². The average Bonchev–Trinajstić information content (AvgIpc) is 2.78. The summed E-state index contributed by atoms with van der Waals surface area (Å²) in [7, 11) is 0. The number of nitrogens with one attached hydrogen (secondary N) is 1. The zero-order chi connectivity index (χ0) is 12.3. The van der Waals surface area contributed by atoms with Crippen LogP contribution in [0.5, 0.6) is 0 Å². The minimum atomic E-state index is -4.24. The highest BCUT2D eigenvalue weighted by atomic mass is 32.2. The average molecular weight is 261 g/mol. The normalized spacial score (nSPS) is 20.8. The minimum Gasteiger partial charge on any atom is -0.316 e. The molecule has 1 nitrogen and oxygen atoms in total. The Hall–Kier alpha value is -0.680. The lowest BCUT2D eigenvalue weighted by Gasteiger charge is -2.09. The van der Waals surface area contributed by atoms with Gasteiger partial charge in [-0.05, 0) is 30.7 Å². The van der Waals surface area contributed by atoms with Crippen LogP contribution < -0.4 is 5.32 Å². The van der Waals surface area contributed by atoms with Gasteiger partial charge in [-0.1, -0.05) is 12.1 Å². The van der Waals surface area contributed by atoms with Crippen LogP contribution in [-0.2, 0) is 11.9 Å². The van der Waals surface area contributed by atoms with Crippen molar-refractivity contribution >= 4 is 11.8 Å². The van der Waals surface area contributed by atoms with Crippen LogP contribution in [0.4, 0.5) is 13.2 Å². The summed E-state index contributed by atoms with van der Waals surface area (Å²) in [5.74, 6) is 0.782. The molecule has 5 heteroatoms. The fourth-order valence-electron chi connectivity index (χ4n) is 1.77. The molecule has 0 saturated carbocycles. The Morgan fingerprint density at radius 1 is 1.24 bits per heavy atom. The van der Waals surface area contributed by atoms with E-state index in [0.717, 1.165) is 43.0 Å². The molecule has 1 aliphatic heterocycles. The number of rotatable bonds is 3. The third-order valence-electron chi connectivity index (χ3n) is 2.78. The maximum Gasteiger partial charge on any atom is 0.416 e. The monoisotopic (exact) mass is 261 g/mol. The van der Waals surface area contributed by atoms with Gasteiger partial charge in [-0.2, -0.15) is 24.9 Å². The van der Waals surface area contributed by atoms with Crippen LogP contribution in [-0.4, -0.2) is 18.3 Å². The van der Waals surface area contributed by atoms with E-state index in [2.05, 4.69) is 5.32 Å². The van der Waals surface area contributed by atoms with Crippen molar-refractivity contribution in [2.75, 3.05) is 13.1 Å². The Kier molecular flexibility index (Phi) is 3.99. The molecule has 2 rings (SSSR count). The van der Waals surface area contributed by atoms with Crippen LogP contribution in [0.3, 0.4) is 0 Å². The van der Waals surface area contributed by atoms with Gasteiger partial charge in [-0.15, -0.1) is 0 Å². The number of hydrogen-bond donors (Lipinski definition) is 1. The van der Waals surface area contributed by atoms with Crippen LogP contribution in [0.25, 0.3) is 0 Å². The van der Waals surface area contributed by atoms with Crippen molar-refractivity contribution in [3.63, 3.8) is 0 Å². The van der Waals surface area contributed by atoms with Crippen LogP contribution in [0.15, 0.2) is 24.3 Å². The first-order chi connectivity index (χ1) is 8.05. The smallest absolute Gasteiger partial charge is 0.316 e. The van der Waals surface area contributed by atoms with Crippen molar-refractivity contribution in [1.29, 1.82) is 0 Å². The van der Waals surface area contributed by atoms with E-state index in [0.29, 0.717) is 5.25 Å². The molecule has 0 aliphatic carbocycles. The molecule has 0 aromatic heterocycles. The zero-order valence-corrected chi connectivity index (χ0v) is 10.1. The van der Waals surface area contributed by atoms with Gasteiger partial charge in [-0.25, -0.2) is 0 Å². The van der Waals surface area contributed by atoms with Gasteiger partial charge in [0.25, 0.3) is 0 Å². The van der Waals surface area contributed by atoms with Crippen molar-refractivity contribution in [2.45, 2.75) is 23.6 Å². The molecule has 1 aliphatic rings. The number of thioether (sulfide) groups is 1. The predicted octanol–water partition coefficient (Wildman–Crippen LogP) is 3.30. The number of halogens is 3. The lowest BCUT2D eigenvalue weighted by atomic mass is 10.1. The molecule has 17 heavy (non-hydrogen) atoms. The molecule has 0 bridgehead atoms. The summed E-state index contributed by atoms with van der Waals surface area (Å²) < 4.78 is 37.0. The van der Waals surface area contributed by atoms with Crippen LogP contribution in [0, 0.1) is 0 Å². The predicted molar refractivity (Wildman–Crippen MR) is 64.0 cm³/mol. The summed E-state index contributed by atoms with van der Waals surface area (Å²) in [6.45, 7) is 2.05. The van der Waals surface area contributed by atoms with E-state index in [1.807, 2.05) is 0 Å². The zero-order valence-electron chi connectivity index (χ0n) is 9.26. The van der Waals surface area contributed by atoms with Crippen LogP contribution in [0.1, 0.15) is 17.5 Å². The first-order valence-corrected chi connectivity index (χ1v) is 6.59. The summed E-state index contributed by atoms with van der Waals surface area (Å²) >= 11 is 1.81. The third kappa shape index (κ3) is 3.64. The van der Waals surface area contributed by atoms with Gasteiger partial charge in [-0.3, -0.25) is 0 Å². The van der Waals surface area contributed by atoms with Gasteiger partial charge >= 0.3 is 6.18 Å². The second-order valence-electron chi connectivity index (χ2n) is 4.12. The molecule has 0 spiro atoms. The SMILES string of the molecule is FC(F)(F)c1ccc(CSC2CCNC2)cc1. The molecule has 1 saturated heterocycles. The second-order valence-corrected chi connectivity index (χ2v) is 5.41. The highest BCUT2D eigenvalue weighted by molar-refractivity contribution is 7.99. The molecule has 1 fully saturated rings. The van der Waals surface area contributed by atoms with E-state index in [9.17, 15) is 13.2 Å². The van der Waals surface area contributed by atoms with Gasteiger partial charge < -0.3 is 5.32 Å². The molecule has 1 unspecified atom stereocenters. The van der Waals surface area contributed by atoms with Gasteiger partial charge in [0.1, 0.15) is 0 Å². The Labute approximate surface area is 103 Å². The molecule has 1 atom stereocenters. The second kappa shape index (κ2) is 5.31. The lowest BCUT2D eigenvalue weighted by molar-refractivity contribution is -0.137. The standard InChI is InChI=1S/C12H14F3NS/c13-12(14,15)10-3-1-9(2-4-10)8-17-11-5-6-16-7-11/h1-4,11,16H,5-8H2. The van der Waals surface area contributed by atoms with Crippen LogP contribution >= 0.6 is 11.8 Å². The van der Waals surface area contributed by atoms with E-state index in [1.165, 1.54) is 0 Å². The van der Waals surface area contributed by atoms with Crippen molar-refractivity contribution < 1.29 is 13.2 Å². The fourth-order valence-corrected chi connectivity index (χ4v) is 2.92. The first kappa shape index (κ1) is 12.8. The Morgan fingerprint density at radius 2 is 1.94 bits per heavy atom. The highest BCUT2D eigenvalue weighted by Crippen LogP contribution is 2.30. The molecule has 94 valence electrons.